The van der Waals surface area contributed by atoms with Crippen LogP contribution in [0.1, 0.15) is 52.9 Å². The Hall–Kier alpha value is -2.10. The molecule has 1 heterocycles. The number of ether oxygens (including phenoxy) is 1. The molecule has 0 saturated carbocycles. The van der Waals surface area contributed by atoms with Crippen molar-refractivity contribution in [3.63, 3.8) is 0 Å². The summed E-state index contributed by atoms with van der Waals surface area (Å²) in [6.45, 7) is 8.26. The molecule has 0 aromatic carbocycles. The Labute approximate surface area is 150 Å². The van der Waals surface area contributed by atoms with Gasteiger partial charge in [-0.2, -0.15) is 0 Å². The third kappa shape index (κ3) is 4.50. The Bertz CT molecular complexity index is 621. The van der Waals surface area contributed by atoms with Crippen molar-refractivity contribution in [2.75, 3.05) is 13.1 Å². The number of fused-ring (bicyclic) bond motifs is 1. The van der Waals surface area contributed by atoms with Gasteiger partial charge < -0.3 is 14.4 Å². The number of allylic oxidation sites excluding steroid dienone is 3. The second kappa shape index (κ2) is 9.40. The summed E-state index contributed by atoms with van der Waals surface area (Å²) in [5.74, 6) is -0.350. The van der Waals surface area contributed by atoms with Gasteiger partial charge in [0.25, 0.3) is 0 Å². The number of likely N-dealkylation sites (N-methyl/N-ethyl adjacent to an activating group) is 1. The first-order valence-electron chi connectivity index (χ1n) is 9.38. The van der Waals surface area contributed by atoms with Crippen LogP contribution in [0.2, 0.25) is 0 Å². The minimum Gasteiger partial charge on any atom is -0.450 e. The maximum atomic E-state index is 12.4. The van der Waals surface area contributed by atoms with Crippen molar-refractivity contribution >= 4 is 12.3 Å². The van der Waals surface area contributed by atoms with Crippen molar-refractivity contribution in [1.29, 1.82) is 0 Å². The fraction of sp³-hybridized carbons (Fsp3) is 0.524. The largest absolute Gasteiger partial charge is 0.450 e. The molecule has 0 amide bonds. The summed E-state index contributed by atoms with van der Waals surface area (Å²) in [5.41, 5.74) is 3.67. The first-order valence-corrected chi connectivity index (χ1v) is 9.38. The van der Waals surface area contributed by atoms with Crippen molar-refractivity contribution in [2.45, 2.75) is 59.0 Å². The first kappa shape index (κ1) is 19.2. The van der Waals surface area contributed by atoms with Crippen LogP contribution in [0, 0.1) is 0 Å². The molecule has 0 bridgehead atoms. The van der Waals surface area contributed by atoms with Crippen LogP contribution >= 0.6 is 0 Å². The van der Waals surface area contributed by atoms with Gasteiger partial charge in [-0.15, -0.1) is 0 Å². The molecule has 1 aliphatic carbocycles. The normalized spacial score (nSPS) is 19.6. The van der Waals surface area contributed by atoms with Crippen LogP contribution < -0.4 is 0 Å². The van der Waals surface area contributed by atoms with Gasteiger partial charge in [-0.25, -0.2) is 4.79 Å². The lowest BCUT2D eigenvalue weighted by molar-refractivity contribution is -0.142. The Kier molecular flexibility index (Phi) is 7.23. The quantitative estimate of drug-likeness (QED) is 0.359. The predicted octanol–water partition coefficient (Wildman–Crippen LogP) is 4.10. The number of carbonyl (C=O) groups is 2. The summed E-state index contributed by atoms with van der Waals surface area (Å²) in [5, 5.41) is 0. The molecule has 1 unspecified atom stereocenters. The lowest BCUT2D eigenvalue weighted by Crippen LogP contribution is -2.28. The molecule has 0 N–H and O–H groups in total. The fourth-order valence-electron chi connectivity index (χ4n) is 3.41. The van der Waals surface area contributed by atoms with Gasteiger partial charge in [0.2, 0.25) is 0 Å². The van der Waals surface area contributed by atoms with Crippen LogP contribution in [0.15, 0.2) is 46.7 Å². The van der Waals surface area contributed by atoms with Crippen LogP contribution in [0.4, 0.5) is 0 Å². The van der Waals surface area contributed by atoms with Gasteiger partial charge in [0, 0.05) is 36.4 Å². The van der Waals surface area contributed by atoms with Crippen LogP contribution in [0.5, 0.6) is 0 Å². The van der Waals surface area contributed by atoms with Gasteiger partial charge in [-0.1, -0.05) is 25.8 Å². The van der Waals surface area contributed by atoms with Gasteiger partial charge in [0.15, 0.2) is 0 Å². The highest BCUT2D eigenvalue weighted by atomic mass is 16.5. The van der Waals surface area contributed by atoms with E-state index in [2.05, 4.69) is 37.8 Å². The van der Waals surface area contributed by atoms with E-state index in [-0.39, 0.29) is 18.5 Å². The van der Waals surface area contributed by atoms with Gasteiger partial charge in [0.1, 0.15) is 12.4 Å². The molecule has 0 aromatic heterocycles. The van der Waals surface area contributed by atoms with E-state index in [0.29, 0.717) is 5.57 Å². The number of hydrogen-bond acceptors (Lipinski definition) is 4. The zero-order valence-electron chi connectivity index (χ0n) is 15.6. The SMILES string of the molecule is CCCCCC1=C(CC=O)C(=O)OC2C=CC(N(CC)CC)=CC=C12. The van der Waals surface area contributed by atoms with E-state index in [1.165, 1.54) is 0 Å². The first-order chi connectivity index (χ1) is 12.2. The van der Waals surface area contributed by atoms with E-state index >= 15 is 0 Å². The maximum Gasteiger partial charge on any atom is 0.335 e. The minimum absolute atomic E-state index is 0.126. The summed E-state index contributed by atoms with van der Waals surface area (Å²) in [6.07, 6.45) is 12.8. The molecule has 0 saturated heterocycles. The lowest BCUT2D eigenvalue weighted by atomic mass is 9.87. The Morgan fingerprint density at radius 3 is 2.52 bits per heavy atom. The standard InChI is InChI=1S/C21H29NO3/c1-4-7-8-9-17-18-12-10-16(22(5-2)6-3)11-13-20(18)25-21(24)19(17)14-15-23/h10-13,15,20H,4-9,14H2,1-3H3. The zero-order valence-corrected chi connectivity index (χ0v) is 15.6. The Balaban J connectivity index is 2.41. The maximum absolute atomic E-state index is 12.4. The molecule has 136 valence electrons. The van der Waals surface area contributed by atoms with E-state index in [1.54, 1.807) is 0 Å². The molecule has 1 atom stereocenters. The summed E-state index contributed by atoms with van der Waals surface area (Å²) < 4.78 is 5.60. The molecule has 2 rings (SSSR count). The number of carbonyl (C=O) groups excluding carboxylic acids is 2. The van der Waals surface area contributed by atoms with E-state index in [4.69, 9.17) is 4.74 Å². The molecule has 0 spiro atoms. The number of esters is 1. The number of aldehydes is 1. The molecule has 0 radical (unpaired) electrons. The molecule has 4 heteroatoms. The molecule has 0 aromatic rings. The van der Waals surface area contributed by atoms with E-state index in [1.807, 2.05) is 12.2 Å². The summed E-state index contributed by atoms with van der Waals surface area (Å²) >= 11 is 0. The number of rotatable bonds is 9. The lowest BCUT2D eigenvalue weighted by Gasteiger charge is -2.27. The average molecular weight is 343 g/mol. The molecule has 1 aliphatic heterocycles. The summed E-state index contributed by atoms with van der Waals surface area (Å²) in [6, 6.07) is 0. The van der Waals surface area contributed by atoms with Crippen LogP contribution in [-0.4, -0.2) is 36.3 Å². The van der Waals surface area contributed by atoms with Crippen LogP contribution in [-0.2, 0) is 14.3 Å². The monoisotopic (exact) mass is 343 g/mol. The highest BCUT2D eigenvalue weighted by Gasteiger charge is 2.31. The third-order valence-electron chi connectivity index (χ3n) is 4.82. The van der Waals surface area contributed by atoms with Crippen molar-refractivity contribution in [3.8, 4) is 0 Å². The molecular weight excluding hydrogens is 314 g/mol. The molecule has 0 fully saturated rings. The van der Waals surface area contributed by atoms with E-state index < -0.39 is 0 Å². The predicted molar refractivity (Wildman–Crippen MR) is 100.0 cm³/mol. The second-order valence-corrected chi connectivity index (χ2v) is 6.36. The number of unbranched alkanes of at least 4 members (excludes halogenated alkanes) is 2. The van der Waals surface area contributed by atoms with Gasteiger partial charge in [0.05, 0.1) is 0 Å². The Morgan fingerprint density at radius 2 is 1.88 bits per heavy atom. The van der Waals surface area contributed by atoms with Crippen molar-refractivity contribution < 1.29 is 14.3 Å². The molecule has 4 nitrogen and oxygen atoms in total. The van der Waals surface area contributed by atoms with E-state index in [0.717, 1.165) is 61.9 Å². The zero-order chi connectivity index (χ0) is 18.2. The summed E-state index contributed by atoms with van der Waals surface area (Å²) in [7, 11) is 0. The van der Waals surface area contributed by atoms with Crippen molar-refractivity contribution in [3.05, 3.63) is 46.7 Å². The summed E-state index contributed by atoms with van der Waals surface area (Å²) in [4.78, 5) is 25.7. The second-order valence-electron chi connectivity index (χ2n) is 6.36. The van der Waals surface area contributed by atoms with Crippen molar-refractivity contribution in [2.24, 2.45) is 0 Å². The highest BCUT2D eigenvalue weighted by Crippen LogP contribution is 2.34. The average Bonchev–Trinajstić information content (AvgIpc) is 2.82. The minimum atomic E-state index is -0.358. The van der Waals surface area contributed by atoms with E-state index in [9.17, 15) is 9.59 Å². The Morgan fingerprint density at radius 1 is 1.12 bits per heavy atom. The molecule has 2 aliphatic rings. The number of nitrogens with zero attached hydrogens (tertiary/aromatic N) is 1. The van der Waals surface area contributed by atoms with Crippen molar-refractivity contribution in [1.82, 2.24) is 4.90 Å². The number of hydrogen-bond donors (Lipinski definition) is 0. The van der Waals surface area contributed by atoms with Gasteiger partial charge >= 0.3 is 5.97 Å². The van der Waals surface area contributed by atoms with Crippen LogP contribution in [0.3, 0.4) is 0 Å². The third-order valence-corrected chi connectivity index (χ3v) is 4.82. The molecular formula is C21H29NO3. The molecule has 25 heavy (non-hydrogen) atoms. The van der Waals surface area contributed by atoms with Gasteiger partial charge in [-0.3, -0.25) is 0 Å². The fourth-order valence-corrected chi connectivity index (χ4v) is 3.41. The van der Waals surface area contributed by atoms with Crippen LogP contribution in [0.25, 0.3) is 0 Å². The smallest absolute Gasteiger partial charge is 0.335 e. The topological polar surface area (TPSA) is 46.6 Å². The van der Waals surface area contributed by atoms with Gasteiger partial charge in [-0.05, 0) is 50.5 Å². The highest BCUT2D eigenvalue weighted by molar-refractivity contribution is 5.95.